The average molecular weight is 261 g/mol. The van der Waals surface area contributed by atoms with Crippen molar-refractivity contribution >= 4 is 17.2 Å². The van der Waals surface area contributed by atoms with Crippen LogP contribution in [0, 0.1) is 0 Å². The zero-order chi connectivity index (χ0) is 14.7. The second-order valence-corrected chi connectivity index (χ2v) is 3.93. The minimum Gasteiger partial charge on any atom is -0.483 e. The fourth-order valence-electron chi connectivity index (χ4n) is 1.82. The van der Waals surface area contributed by atoms with E-state index in [0.717, 1.165) is 6.42 Å². The van der Waals surface area contributed by atoms with Crippen LogP contribution in [0.15, 0.2) is 42.5 Å². The number of rotatable bonds is 2. The molecular formula is C16H23NO2. The number of fused-ring (bicyclic) bond motifs is 1. The lowest BCUT2D eigenvalue weighted by atomic mass is 10.00. The summed E-state index contributed by atoms with van der Waals surface area (Å²) in [5.41, 5.74) is 7.16. The van der Waals surface area contributed by atoms with Crippen molar-refractivity contribution in [2.45, 2.75) is 33.2 Å². The summed E-state index contributed by atoms with van der Waals surface area (Å²) in [5, 5.41) is 9.51. The van der Waals surface area contributed by atoms with E-state index >= 15 is 0 Å². The van der Waals surface area contributed by atoms with E-state index in [0.29, 0.717) is 0 Å². The Morgan fingerprint density at radius 3 is 2.26 bits per heavy atom. The molecule has 2 rings (SSSR count). The third-order valence-electron chi connectivity index (χ3n) is 2.42. The molecular weight excluding hydrogens is 238 g/mol. The van der Waals surface area contributed by atoms with Crippen molar-refractivity contribution in [1.29, 1.82) is 0 Å². The molecule has 1 unspecified atom stereocenters. The number of benzene rings is 2. The Morgan fingerprint density at radius 2 is 1.68 bits per heavy atom. The van der Waals surface area contributed by atoms with E-state index in [1.165, 1.54) is 16.3 Å². The summed E-state index contributed by atoms with van der Waals surface area (Å²) in [7, 11) is 0. The molecule has 104 valence electrons. The zero-order valence-corrected chi connectivity index (χ0v) is 11.8. The van der Waals surface area contributed by atoms with Gasteiger partial charge in [0.1, 0.15) is 0 Å². The van der Waals surface area contributed by atoms with Crippen molar-refractivity contribution in [2.24, 2.45) is 5.73 Å². The fourth-order valence-corrected chi connectivity index (χ4v) is 1.82. The molecule has 19 heavy (non-hydrogen) atoms. The van der Waals surface area contributed by atoms with E-state index in [4.69, 9.17) is 15.6 Å². The third kappa shape index (κ3) is 6.02. The van der Waals surface area contributed by atoms with Crippen molar-refractivity contribution in [3.05, 3.63) is 48.0 Å². The lowest BCUT2D eigenvalue weighted by molar-refractivity contribution is -0.122. The summed E-state index contributed by atoms with van der Waals surface area (Å²) in [6.07, 6.45) is 0.946. The SMILES string of the molecule is CC.CC(N)Cc1cccc2ccccc12.O=CO. The lowest BCUT2D eigenvalue weighted by Crippen LogP contribution is -2.17. The van der Waals surface area contributed by atoms with Crippen LogP contribution in [0.4, 0.5) is 0 Å². The summed E-state index contributed by atoms with van der Waals surface area (Å²) in [6.45, 7) is 5.79. The van der Waals surface area contributed by atoms with E-state index in [9.17, 15) is 0 Å². The highest BCUT2D eigenvalue weighted by Crippen LogP contribution is 2.19. The first kappa shape index (κ1) is 17.1. The summed E-state index contributed by atoms with van der Waals surface area (Å²) >= 11 is 0. The molecule has 0 aromatic heterocycles. The molecule has 0 heterocycles. The Kier molecular flexibility index (Phi) is 9.10. The summed E-state index contributed by atoms with van der Waals surface area (Å²) < 4.78 is 0. The van der Waals surface area contributed by atoms with Gasteiger partial charge in [-0.1, -0.05) is 56.3 Å². The second-order valence-electron chi connectivity index (χ2n) is 3.93. The second kappa shape index (κ2) is 10.1. The van der Waals surface area contributed by atoms with Crippen LogP contribution in [0.3, 0.4) is 0 Å². The zero-order valence-electron chi connectivity index (χ0n) is 11.8. The topological polar surface area (TPSA) is 63.3 Å². The van der Waals surface area contributed by atoms with Crippen LogP contribution in [0.2, 0.25) is 0 Å². The monoisotopic (exact) mass is 261 g/mol. The molecule has 0 saturated carbocycles. The van der Waals surface area contributed by atoms with E-state index < -0.39 is 0 Å². The molecule has 2 aromatic carbocycles. The van der Waals surface area contributed by atoms with Crippen LogP contribution >= 0.6 is 0 Å². The molecule has 0 bridgehead atoms. The molecule has 0 radical (unpaired) electrons. The van der Waals surface area contributed by atoms with Gasteiger partial charge in [0.15, 0.2) is 0 Å². The minimum absolute atomic E-state index is 0.223. The van der Waals surface area contributed by atoms with Gasteiger partial charge in [-0.3, -0.25) is 4.79 Å². The van der Waals surface area contributed by atoms with Gasteiger partial charge < -0.3 is 10.8 Å². The Morgan fingerprint density at radius 1 is 1.16 bits per heavy atom. The Labute approximate surface area is 115 Å². The molecule has 0 fully saturated rings. The smallest absolute Gasteiger partial charge is 0.290 e. The highest BCUT2D eigenvalue weighted by atomic mass is 16.3. The van der Waals surface area contributed by atoms with E-state index in [1.54, 1.807) is 0 Å². The molecule has 0 aliphatic heterocycles. The Bertz CT molecular complexity index is 476. The molecule has 0 amide bonds. The van der Waals surface area contributed by atoms with Gasteiger partial charge in [0.2, 0.25) is 0 Å². The van der Waals surface area contributed by atoms with Gasteiger partial charge in [-0.15, -0.1) is 0 Å². The molecule has 1 atom stereocenters. The highest BCUT2D eigenvalue weighted by Gasteiger charge is 2.01. The van der Waals surface area contributed by atoms with E-state index in [2.05, 4.69) is 42.5 Å². The van der Waals surface area contributed by atoms with Crippen LogP contribution in [0.5, 0.6) is 0 Å². The van der Waals surface area contributed by atoms with Crippen LogP contribution in [-0.2, 0) is 11.2 Å². The maximum Gasteiger partial charge on any atom is 0.290 e. The van der Waals surface area contributed by atoms with Crippen LogP contribution in [0.1, 0.15) is 26.3 Å². The molecule has 3 heteroatoms. The normalized spacial score (nSPS) is 10.5. The van der Waals surface area contributed by atoms with Gasteiger partial charge in [0.25, 0.3) is 6.47 Å². The predicted molar refractivity (Wildman–Crippen MR) is 81.3 cm³/mol. The van der Waals surface area contributed by atoms with Crippen molar-refractivity contribution < 1.29 is 9.90 Å². The summed E-state index contributed by atoms with van der Waals surface area (Å²) in [6, 6.07) is 15.1. The Balaban J connectivity index is 0.000000573. The lowest BCUT2D eigenvalue weighted by Gasteiger charge is -2.08. The van der Waals surface area contributed by atoms with Crippen molar-refractivity contribution in [1.82, 2.24) is 0 Å². The van der Waals surface area contributed by atoms with Crippen molar-refractivity contribution in [2.75, 3.05) is 0 Å². The van der Waals surface area contributed by atoms with Crippen LogP contribution in [0.25, 0.3) is 10.8 Å². The molecule has 0 saturated heterocycles. The number of hydrogen-bond donors (Lipinski definition) is 2. The summed E-state index contributed by atoms with van der Waals surface area (Å²) in [4.78, 5) is 8.36. The average Bonchev–Trinajstić information content (AvgIpc) is 2.42. The minimum atomic E-state index is -0.250. The van der Waals surface area contributed by atoms with Gasteiger partial charge in [-0.2, -0.15) is 0 Å². The van der Waals surface area contributed by atoms with Gasteiger partial charge >= 0.3 is 0 Å². The number of hydrogen-bond acceptors (Lipinski definition) is 2. The number of nitrogens with two attached hydrogens (primary N) is 1. The first-order valence-electron chi connectivity index (χ1n) is 6.49. The summed E-state index contributed by atoms with van der Waals surface area (Å²) in [5.74, 6) is 0. The largest absolute Gasteiger partial charge is 0.483 e. The van der Waals surface area contributed by atoms with Crippen molar-refractivity contribution in [3.8, 4) is 0 Å². The first-order valence-corrected chi connectivity index (χ1v) is 6.49. The molecule has 0 aliphatic carbocycles. The van der Waals surface area contributed by atoms with Gasteiger partial charge in [-0.05, 0) is 29.7 Å². The van der Waals surface area contributed by atoms with E-state index in [-0.39, 0.29) is 12.5 Å². The molecule has 3 N–H and O–H groups in total. The third-order valence-corrected chi connectivity index (χ3v) is 2.42. The van der Waals surface area contributed by atoms with E-state index in [1.807, 2.05) is 20.8 Å². The van der Waals surface area contributed by atoms with Crippen molar-refractivity contribution in [3.63, 3.8) is 0 Å². The molecule has 3 nitrogen and oxygen atoms in total. The first-order chi connectivity index (χ1) is 9.19. The maximum absolute atomic E-state index is 8.36. The number of carbonyl (C=O) groups is 1. The molecule has 0 spiro atoms. The predicted octanol–water partition coefficient (Wildman–Crippen LogP) is 3.46. The quantitative estimate of drug-likeness (QED) is 0.814. The van der Waals surface area contributed by atoms with Crippen LogP contribution in [-0.4, -0.2) is 17.6 Å². The molecule has 2 aromatic rings. The number of carboxylic acid groups (broad SMARTS) is 1. The maximum atomic E-state index is 8.36. The fraction of sp³-hybridized carbons (Fsp3) is 0.312. The van der Waals surface area contributed by atoms with Crippen LogP contribution < -0.4 is 5.73 Å². The van der Waals surface area contributed by atoms with Gasteiger partial charge in [-0.25, -0.2) is 0 Å². The van der Waals surface area contributed by atoms with Gasteiger partial charge in [0.05, 0.1) is 0 Å². The molecule has 0 aliphatic rings. The van der Waals surface area contributed by atoms with Gasteiger partial charge in [0, 0.05) is 6.04 Å². The Hall–Kier alpha value is -1.87. The standard InChI is InChI=1S/C13H15N.C2H6.CH2O2/c1-10(14)9-12-7-4-6-11-5-2-3-8-13(11)12;1-2;2-1-3/h2-8,10H,9,14H2,1H3;1-2H3;1H,(H,2,3). The highest BCUT2D eigenvalue weighted by molar-refractivity contribution is 5.85.